The van der Waals surface area contributed by atoms with Crippen LogP contribution in [0.5, 0.6) is 0 Å². The van der Waals surface area contributed by atoms with Gasteiger partial charge >= 0.3 is 0 Å². The number of rotatable bonds is 5. The minimum Gasteiger partial charge on any atom is -0.324 e. The SMILES string of the molecule is O=C(CCC(=O)c1ccc2c(c1)CCC2)Nc1cccc2cccnc12. The second kappa shape index (κ2) is 7.08. The van der Waals surface area contributed by atoms with Crippen molar-refractivity contribution in [3.63, 3.8) is 0 Å². The van der Waals surface area contributed by atoms with Gasteiger partial charge in [-0.1, -0.05) is 30.3 Å². The second-order valence-electron chi connectivity index (χ2n) is 6.69. The number of pyridine rings is 1. The molecule has 4 heteroatoms. The quantitative estimate of drug-likeness (QED) is 0.701. The van der Waals surface area contributed by atoms with Gasteiger partial charge in [0.15, 0.2) is 5.78 Å². The number of ketones is 1. The molecule has 1 N–H and O–H groups in total. The van der Waals surface area contributed by atoms with Crippen LogP contribution >= 0.6 is 0 Å². The number of benzene rings is 2. The molecule has 0 fully saturated rings. The first-order chi connectivity index (χ1) is 12.7. The van der Waals surface area contributed by atoms with E-state index in [4.69, 9.17) is 0 Å². The van der Waals surface area contributed by atoms with Gasteiger partial charge in [0.2, 0.25) is 5.91 Å². The van der Waals surface area contributed by atoms with E-state index in [1.54, 1.807) is 6.20 Å². The molecule has 0 bridgehead atoms. The molecule has 130 valence electrons. The van der Waals surface area contributed by atoms with Crippen LogP contribution in [0.3, 0.4) is 0 Å². The fourth-order valence-corrected chi connectivity index (χ4v) is 3.53. The van der Waals surface area contributed by atoms with Gasteiger partial charge in [0.25, 0.3) is 0 Å². The van der Waals surface area contributed by atoms with Gasteiger partial charge in [-0.25, -0.2) is 0 Å². The third-order valence-corrected chi connectivity index (χ3v) is 4.91. The topological polar surface area (TPSA) is 59.1 Å². The largest absolute Gasteiger partial charge is 0.324 e. The van der Waals surface area contributed by atoms with Crippen LogP contribution in [0.25, 0.3) is 10.9 Å². The molecule has 0 spiro atoms. The Hall–Kier alpha value is -3.01. The summed E-state index contributed by atoms with van der Waals surface area (Å²) in [5.74, 6) is -0.149. The summed E-state index contributed by atoms with van der Waals surface area (Å²) in [6, 6.07) is 15.4. The molecule has 1 heterocycles. The van der Waals surface area contributed by atoms with Crippen molar-refractivity contribution in [3.05, 3.63) is 71.4 Å². The van der Waals surface area contributed by atoms with Crippen LogP contribution in [0.4, 0.5) is 5.69 Å². The van der Waals surface area contributed by atoms with E-state index in [-0.39, 0.29) is 24.5 Å². The summed E-state index contributed by atoms with van der Waals surface area (Å²) in [4.78, 5) is 29.0. The lowest BCUT2D eigenvalue weighted by molar-refractivity contribution is -0.116. The summed E-state index contributed by atoms with van der Waals surface area (Å²) in [5, 5.41) is 3.85. The van der Waals surface area contributed by atoms with Crippen molar-refractivity contribution < 1.29 is 9.59 Å². The van der Waals surface area contributed by atoms with Crippen LogP contribution in [0.2, 0.25) is 0 Å². The highest BCUT2D eigenvalue weighted by Crippen LogP contribution is 2.24. The zero-order valence-electron chi connectivity index (χ0n) is 14.5. The van der Waals surface area contributed by atoms with Crippen molar-refractivity contribution >= 4 is 28.3 Å². The standard InChI is InChI=1S/C22H20N2O2/c25-20(18-10-9-15-4-1-6-17(15)14-18)11-12-21(26)24-19-8-2-5-16-7-3-13-23-22(16)19/h2-3,5,7-10,13-14H,1,4,6,11-12H2,(H,24,26). The zero-order chi connectivity index (χ0) is 17.9. The van der Waals surface area contributed by atoms with Gasteiger partial charge in [-0.3, -0.25) is 14.6 Å². The molecule has 3 aromatic rings. The van der Waals surface area contributed by atoms with E-state index in [2.05, 4.69) is 16.4 Å². The number of aromatic nitrogens is 1. The lowest BCUT2D eigenvalue weighted by atomic mass is 10.0. The van der Waals surface area contributed by atoms with Gasteiger partial charge < -0.3 is 5.32 Å². The summed E-state index contributed by atoms with van der Waals surface area (Å²) >= 11 is 0. The average Bonchev–Trinajstić information content (AvgIpc) is 3.14. The monoisotopic (exact) mass is 344 g/mol. The molecule has 0 atom stereocenters. The molecule has 0 radical (unpaired) electrons. The Morgan fingerprint density at radius 3 is 2.73 bits per heavy atom. The fourth-order valence-electron chi connectivity index (χ4n) is 3.53. The van der Waals surface area contributed by atoms with Crippen molar-refractivity contribution in [1.82, 2.24) is 4.98 Å². The second-order valence-corrected chi connectivity index (χ2v) is 6.69. The number of amides is 1. The van der Waals surface area contributed by atoms with Crippen LogP contribution in [0.15, 0.2) is 54.7 Å². The number of fused-ring (bicyclic) bond motifs is 2. The molecule has 0 saturated heterocycles. The number of nitrogens with one attached hydrogen (secondary N) is 1. The molecule has 1 amide bonds. The maximum atomic E-state index is 12.4. The summed E-state index contributed by atoms with van der Waals surface area (Å²) in [6.45, 7) is 0. The number of para-hydroxylation sites is 1. The van der Waals surface area contributed by atoms with E-state index in [0.717, 1.165) is 30.2 Å². The van der Waals surface area contributed by atoms with E-state index < -0.39 is 0 Å². The average molecular weight is 344 g/mol. The van der Waals surface area contributed by atoms with Crippen LogP contribution in [0, 0.1) is 0 Å². The normalized spacial score (nSPS) is 12.8. The highest BCUT2D eigenvalue weighted by molar-refractivity contribution is 6.03. The predicted molar refractivity (Wildman–Crippen MR) is 102 cm³/mol. The maximum absolute atomic E-state index is 12.4. The van der Waals surface area contributed by atoms with Crippen molar-refractivity contribution in [3.8, 4) is 0 Å². The molecular formula is C22H20N2O2. The van der Waals surface area contributed by atoms with Crippen molar-refractivity contribution in [1.29, 1.82) is 0 Å². The number of carbonyl (C=O) groups excluding carboxylic acids is 2. The lowest BCUT2D eigenvalue weighted by Crippen LogP contribution is -2.14. The highest BCUT2D eigenvalue weighted by Gasteiger charge is 2.15. The summed E-state index contributed by atoms with van der Waals surface area (Å²) < 4.78 is 0. The van der Waals surface area contributed by atoms with Gasteiger partial charge in [0, 0.05) is 30.0 Å². The molecule has 1 aliphatic carbocycles. The van der Waals surface area contributed by atoms with E-state index >= 15 is 0 Å². The van der Waals surface area contributed by atoms with E-state index in [1.807, 2.05) is 42.5 Å². The first-order valence-electron chi connectivity index (χ1n) is 8.99. The minimum absolute atomic E-state index is 0.0193. The number of Topliss-reactive ketones (excluding diaryl/α,β-unsaturated/α-hetero) is 1. The van der Waals surface area contributed by atoms with E-state index in [0.29, 0.717) is 11.3 Å². The molecule has 2 aromatic carbocycles. The number of anilines is 1. The van der Waals surface area contributed by atoms with E-state index in [1.165, 1.54) is 11.1 Å². The van der Waals surface area contributed by atoms with Crippen LogP contribution in [-0.4, -0.2) is 16.7 Å². The molecule has 4 rings (SSSR count). The van der Waals surface area contributed by atoms with Crippen LogP contribution in [0.1, 0.15) is 40.7 Å². The molecule has 4 nitrogen and oxygen atoms in total. The molecule has 0 unspecified atom stereocenters. The Morgan fingerprint density at radius 1 is 0.962 bits per heavy atom. The highest BCUT2D eigenvalue weighted by atomic mass is 16.2. The van der Waals surface area contributed by atoms with Gasteiger partial charge in [-0.05, 0) is 48.6 Å². The lowest BCUT2D eigenvalue weighted by Gasteiger charge is -2.08. The van der Waals surface area contributed by atoms with Gasteiger partial charge in [0.05, 0.1) is 11.2 Å². The summed E-state index contributed by atoms with van der Waals surface area (Å²) in [5.41, 5.74) is 4.78. The third-order valence-electron chi connectivity index (χ3n) is 4.91. The Kier molecular flexibility index (Phi) is 4.48. The predicted octanol–water partition coefficient (Wildman–Crippen LogP) is 4.33. The fraction of sp³-hybridized carbons (Fsp3) is 0.227. The Balaban J connectivity index is 1.40. The summed E-state index contributed by atoms with van der Waals surface area (Å²) in [6.07, 6.45) is 5.39. The number of aryl methyl sites for hydroxylation is 2. The first-order valence-corrected chi connectivity index (χ1v) is 8.99. The number of carbonyl (C=O) groups is 2. The van der Waals surface area contributed by atoms with Crippen molar-refractivity contribution in [2.24, 2.45) is 0 Å². The molecular weight excluding hydrogens is 324 g/mol. The summed E-state index contributed by atoms with van der Waals surface area (Å²) in [7, 11) is 0. The Bertz CT molecular complexity index is 989. The van der Waals surface area contributed by atoms with Gasteiger partial charge in [-0.2, -0.15) is 0 Å². The van der Waals surface area contributed by atoms with Crippen LogP contribution in [-0.2, 0) is 17.6 Å². The third kappa shape index (κ3) is 3.36. The van der Waals surface area contributed by atoms with Crippen molar-refractivity contribution in [2.45, 2.75) is 32.1 Å². The maximum Gasteiger partial charge on any atom is 0.224 e. The molecule has 1 aromatic heterocycles. The van der Waals surface area contributed by atoms with Crippen molar-refractivity contribution in [2.75, 3.05) is 5.32 Å². The zero-order valence-corrected chi connectivity index (χ0v) is 14.5. The van der Waals surface area contributed by atoms with Gasteiger partial charge in [0.1, 0.15) is 0 Å². The first kappa shape index (κ1) is 16.5. The molecule has 26 heavy (non-hydrogen) atoms. The molecule has 1 aliphatic rings. The Morgan fingerprint density at radius 2 is 1.81 bits per heavy atom. The number of hydrogen-bond donors (Lipinski definition) is 1. The number of hydrogen-bond acceptors (Lipinski definition) is 3. The number of nitrogens with zero attached hydrogens (tertiary/aromatic N) is 1. The minimum atomic E-state index is -0.169. The van der Waals surface area contributed by atoms with Crippen LogP contribution < -0.4 is 5.32 Å². The van der Waals surface area contributed by atoms with Gasteiger partial charge in [-0.15, -0.1) is 0 Å². The Labute approximate surface area is 152 Å². The molecule has 0 saturated carbocycles. The smallest absolute Gasteiger partial charge is 0.224 e. The van der Waals surface area contributed by atoms with E-state index in [9.17, 15) is 9.59 Å². The molecule has 0 aliphatic heterocycles.